The van der Waals surface area contributed by atoms with Gasteiger partial charge in [-0.25, -0.2) is 0 Å². The van der Waals surface area contributed by atoms with E-state index in [0.29, 0.717) is 0 Å². The fourth-order valence-electron chi connectivity index (χ4n) is 17.3. The Labute approximate surface area is 739 Å². The molecule has 0 amide bonds. The lowest BCUT2D eigenvalue weighted by molar-refractivity contribution is 0.312. The highest BCUT2D eigenvalue weighted by atomic mass is 14.2. The van der Waals surface area contributed by atoms with Gasteiger partial charge in [0.25, 0.3) is 0 Å². The maximum Gasteiger partial charge on any atom is -0.0348 e. The third kappa shape index (κ3) is 108. The molecule has 700 valence electrons. The van der Waals surface area contributed by atoms with Crippen LogP contribution in [0.15, 0.2) is 24.3 Å². The maximum atomic E-state index is 2.43. The van der Waals surface area contributed by atoms with Crippen LogP contribution in [0.3, 0.4) is 0 Å². The molecule has 0 radical (unpaired) electrons. The van der Waals surface area contributed by atoms with Crippen LogP contribution >= 0.6 is 0 Å². The Bertz CT molecular complexity index is 1570. The molecule has 0 heterocycles. The zero-order valence-electron chi connectivity index (χ0n) is 87.2. The summed E-state index contributed by atoms with van der Waals surface area (Å²) in [7, 11) is 0. The fourth-order valence-corrected chi connectivity index (χ4v) is 17.3. The zero-order chi connectivity index (χ0) is 87.7. The number of hydrogen-bond donors (Lipinski definition) is 0. The Balaban J connectivity index is -0.000000238. The number of unbranched alkanes of at least 4 members (excludes halogenated alkanes) is 39. The van der Waals surface area contributed by atoms with Crippen LogP contribution in [0, 0.1) is 82.9 Å². The predicted octanol–water partition coefficient (Wildman–Crippen LogP) is 44.1. The first-order valence-electron chi connectivity index (χ1n) is 54.8. The minimum absolute atomic E-state index is 0.823. The third-order valence-electron chi connectivity index (χ3n) is 26.6. The van der Waals surface area contributed by atoms with E-state index in [9.17, 15) is 0 Å². The van der Waals surface area contributed by atoms with Crippen molar-refractivity contribution in [3.8, 4) is 0 Å². The Hall–Kier alpha value is -0.520. The van der Waals surface area contributed by atoms with E-state index >= 15 is 0 Å². The first kappa shape index (κ1) is 128. The van der Waals surface area contributed by atoms with E-state index in [4.69, 9.17) is 0 Å². The van der Waals surface area contributed by atoms with Crippen LogP contribution in [0.2, 0.25) is 0 Å². The van der Waals surface area contributed by atoms with Gasteiger partial charge in [-0.2, -0.15) is 0 Å². The van der Waals surface area contributed by atoms with Gasteiger partial charge in [0.1, 0.15) is 0 Å². The molecule has 0 rings (SSSR count). The standard InChI is InChI=1S/C20H42.C18H38.C18H34.C17H36.C16H34.C14H30.C12H26/c1-5-7-9-11-13-15-17-20(19(3)4)18-16-14-12-10-8-6-2;2*1-5-7-9-11-13-15-18(17(3)4)16-14-12-10-8-6-2;1-5-7-9-11-13-15-17(16(3)4)14-12-10-8-6-2;1-5-7-9-11-13-16(15(3)4)14-12-10-8-6-2;1-5-7-9-11-14(13(3)4)12-10-8-6-2;1-5-7-9-12(11(3)4)10-8-6-2/h19-20H,5-18H2,1-4H3;17-18H,5-16H2,1-4H3;9-12,17-18H,5-8,13-16H2,1-4H3;16-17H,5-15H2,1-4H3;15-16H,5-14H2,1-4H3;13-14H,5-12H2,1-4H3;11-12H,5-10H2,1-4H3/b;;11-9+,12-10+;;;;. The van der Waals surface area contributed by atoms with Gasteiger partial charge < -0.3 is 0 Å². The van der Waals surface area contributed by atoms with E-state index in [-0.39, 0.29) is 0 Å². The summed E-state index contributed by atoms with van der Waals surface area (Å²) in [4.78, 5) is 0. The van der Waals surface area contributed by atoms with Gasteiger partial charge in [-0.15, -0.1) is 0 Å². The van der Waals surface area contributed by atoms with Gasteiger partial charge in [0.05, 0.1) is 0 Å². The summed E-state index contributed by atoms with van der Waals surface area (Å²) in [6.45, 7) is 65.6. The highest BCUT2D eigenvalue weighted by Gasteiger charge is 2.18. The van der Waals surface area contributed by atoms with Crippen LogP contribution < -0.4 is 0 Å². The molecule has 0 nitrogen and oxygen atoms in total. The van der Waals surface area contributed by atoms with Crippen molar-refractivity contribution < 1.29 is 0 Å². The molecule has 0 aromatic rings. The Morgan fingerprint density at radius 1 is 0.113 bits per heavy atom. The summed E-state index contributed by atoms with van der Waals surface area (Å²) in [5.74, 6) is 13.0. The van der Waals surface area contributed by atoms with Crippen molar-refractivity contribution in [3.05, 3.63) is 24.3 Å². The van der Waals surface area contributed by atoms with E-state index in [1.54, 1.807) is 0 Å². The van der Waals surface area contributed by atoms with Crippen molar-refractivity contribution in [2.24, 2.45) is 82.9 Å². The van der Waals surface area contributed by atoms with E-state index in [1.807, 2.05) is 0 Å². The Kier molecular flexibility index (Phi) is 122. The summed E-state index contributed by atoms with van der Waals surface area (Å²) < 4.78 is 0. The normalized spacial score (nSPS) is 12.0. The molecule has 0 aromatic carbocycles. The highest BCUT2D eigenvalue weighted by Crippen LogP contribution is 2.32. The predicted molar refractivity (Wildman–Crippen MR) is 545 cm³/mol. The van der Waals surface area contributed by atoms with Crippen molar-refractivity contribution in [2.75, 3.05) is 0 Å². The molecule has 115 heavy (non-hydrogen) atoms. The van der Waals surface area contributed by atoms with E-state index in [1.165, 1.54) is 443 Å². The summed E-state index contributed by atoms with van der Waals surface area (Å²) >= 11 is 0. The highest BCUT2D eigenvalue weighted by molar-refractivity contribution is 4.85. The van der Waals surface area contributed by atoms with Crippen molar-refractivity contribution in [2.45, 2.75) is 637 Å². The molecule has 0 aliphatic carbocycles. The van der Waals surface area contributed by atoms with Crippen LogP contribution in [0.1, 0.15) is 637 Å². The van der Waals surface area contributed by atoms with Crippen LogP contribution in [0.25, 0.3) is 0 Å². The molecule has 0 saturated heterocycles. The Morgan fingerprint density at radius 3 is 0.383 bits per heavy atom. The van der Waals surface area contributed by atoms with Crippen LogP contribution in [-0.2, 0) is 0 Å². The van der Waals surface area contributed by atoms with Crippen LogP contribution in [-0.4, -0.2) is 0 Å². The van der Waals surface area contributed by atoms with Crippen LogP contribution in [0.5, 0.6) is 0 Å². The van der Waals surface area contributed by atoms with Crippen molar-refractivity contribution >= 4 is 0 Å². The molecule has 0 fully saturated rings. The van der Waals surface area contributed by atoms with Gasteiger partial charge in [-0.3, -0.25) is 0 Å². The van der Waals surface area contributed by atoms with Crippen LogP contribution in [0.4, 0.5) is 0 Å². The van der Waals surface area contributed by atoms with E-state index in [0.717, 1.165) is 82.9 Å². The molecular weight excluding hydrogens is 1380 g/mol. The lowest BCUT2D eigenvalue weighted by Crippen LogP contribution is -2.08. The van der Waals surface area contributed by atoms with Crippen molar-refractivity contribution in [1.82, 2.24) is 0 Å². The second-order valence-corrected chi connectivity index (χ2v) is 40.2. The molecule has 0 bridgehead atoms. The molecule has 0 aliphatic heterocycles. The quantitative estimate of drug-likeness (QED) is 0.0421. The second-order valence-electron chi connectivity index (χ2n) is 40.2. The average molecular weight is 1620 g/mol. The van der Waals surface area contributed by atoms with Gasteiger partial charge in [0, 0.05) is 0 Å². The maximum absolute atomic E-state index is 2.43. The van der Waals surface area contributed by atoms with E-state index in [2.05, 4.69) is 218 Å². The minimum Gasteiger partial charge on any atom is -0.0885 e. The molecule has 0 saturated carbocycles. The molecular formula is C115H240. The molecule has 0 heteroatoms. The van der Waals surface area contributed by atoms with Gasteiger partial charge in [-0.1, -0.05) is 623 Å². The van der Waals surface area contributed by atoms with Gasteiger partial charge in [0.2, 0.25) is 0 Å². The lowest BCUT2D eigenvalue weighted by atomic mass is 9.85. The molecule has 0 aromatic heterocycles. The fraction of sp³-hybridized carbons (Fsp3) is 0.965. The SMILES string of the molecule is CCC/C=C/CCC(CC/C=C/CCC)C(C)C.CCCCC(CCCC)C(C)C.CCCCCC(CCCCC)C(C)C.CCCCCCC(CCCCCC)C(C)C.CCCCCCCC(CCCCCC)C(C)C.CCCCCCCC(CCCCCCC)C(C)C.CCCCCCCCC(CCCCCCCC)C(C)C. The summed E-state index contributed by atoms with van der Waals surface area (Å²) in [6.07, 6.45) is 108. The van der Waals surface area contributed by atoms with Gasteiger partial charge >= 0.3 is 0 Å². The smallest absolute Gasteiger partial charge is 0.0348 e. The number of hydrogen-bond acceptors (Lipinski definition) is 0. The monoisotopic (exact) mass is 1620 g/mol. The largest absolute Gasteiger partial charge is 0.0885 e. The topological polar surface area (TPSA) is 0 Å². The number of rotatable bonds is 78. The van der Waals surface area contributed by atoms with Crippen molar-refractivity contribution in [3.63, 3.8) is 0 Å². The van der Waals surface area contributed by atoms with Crippen molar-refractivity contribution in [1.29, 1.82) is 0 Å². The summed E-state index contributed by atoms with van der Waals surface area (Å²) in [5.41, 5.74) is 0. The van der Waals surface area contributed by atoms with Gasteiger partial charge in [-0.05, 0) is 121 Å². The summed E-state index contributed by atoms with van der Waals surface area (Å²) in [6, 6.07) is 0. The number of allylic oxidation sites excluding steroid dienone is 4. The van der Waals surface area contributed by atoms with Gasteiger partial charge in [0.15, 0.2) is 0 Å². The lowest BCUT2D eigenvalue weighted by Gasteiger charge is -2.20. The average Bonchev–Trinajstić information content (AvgIpc) is 1.06. The molecule has 0 spiro atoms. The molecule has 0 N–H and O–H groups in total. The minimum atomic E-state index is 0.823. The second kappa shape index (κ2) is 110. The first-order valence-corrected chi connectivity index (χ1v) is 54.8. The molecule has 0 aliphatic rings. The first-order chi connectivity index (χ1) is 55.5. The van der Waals surface area contributed by atoms with E-state index < -0.39 is 0 Å². The molecule has 1 unspecified atom stereocenters. The molecule has 1 atom stereocenters. The zero-order valence-corrected chi connectivity index (χ0v) is 87.2. The summed E-state index contributed by atoms with van der Waals surface area (Å²) in [5, 5.41) is 0. The Morgan fingerprint density at radius 2 is 0.226 bits per heavy atom. The third-order valence-corrected chi connectivity index (χ3v) is 26.6.